The van der Waals surface area contributed by atoms with Gasteiger partial charge in [0.05, 0.1) is 11.2 Å². The predicted octanol–water partition coefficient (Wildman–Crippen LogP) is 2.14. The number of nitrogens with one attached hydrogen (secondary N) is 1. The van der Waals surface area contributed by atoms with Crippen molar-refractivity contribution in [3.8, 4) is 0 Å². The van der Waals surface area contributed by atoms with Crippen LogP contribution in [0.25, 0.3) is 0 Å². The molecule has 0 aliphatic carbocycles. The molecule has 1 atom stereocenters. The maximum Gasteiger partial charge on any atom is 0.271 e. The number of hydrogen-bond donors (Lipinski definition) is 2. The number of nitrogens with zero attached hydrogens (tertiary/aromatic N) is 2. The molecule has 1 aromatic rings. The fourth-order valence-corrected chi connectivity index (χ4v) is 1.49. The molecule has 0 spiro atoms. The van der Waals surface area contributed by atoms with Gasteiger partial charge in [-0.1, -0.05) is 25.4 Å². The van der Waals surface area contributed by atoms with Crippen LogP contribution in [0.3, 0.4) is 0 Å². The van der Waals surface area contributed by atoms with Crippen LogP contribution in [0.1, 0.15) is 49.4 Å². The third-order valence-corrected chi connectivity index (χ3v) is 2.66. The van der Waals surface area contributed by atoms with Crippen molar-refractivity contribution in [1.29, 1.82) is 0 Å². The molecule has 7 heteroatoms. The van der Waals surface area contributed by atoms with Gasteiger partial charge >= 0.3 is 0 Å². The zero-order chi connectivity index (χ0) is 13.7. The number of carbonyl (C=O) groups excluding carboxylic acids is 1. The molecule has 0 aromatic carbocycles. The van der Waals surface area contributed by atoms with E-state index in [1.165, 1.54) is 6.20 Å². The molecule has 1 aromatic heterocycles. The first kappa shape index (κ1) is 18.1. The van der Waals surface area contributed by atoms with Crippen LogP contribution in [0, 0.1) is 0 Å². The lowest BCUT2D eigenvalue weighted by molar-refractivity contribution is 0.0947. The molecule has 1 heterocycles. The number of nitrogens with two attached hydrogens (primary N) is 1. The number of rotatable bonds is 5. The summed E-state index contributed by atoms with van der Waals surface area (Å²) in [7, 11) is 0. The zero-order valence-corrected chi connectivity index (χ0v) is 12.9. The largest absolute Gasteiger partial charge is 0.351 e. The van der Waals surface area contributed by atoms with Crippen molar-refractivity contribution in [2.24, 2.45) is 5.73 Å². The molecule has 108 valence electrons. The fraction of sp³-hybridized carbons (Fsp3) is 0.583. The smallest absolute Gasteiger partial charge is 0.271 e. The fourth-order valence-electron chi connectivity index (χ4n) is 1.32. The van der Waals surface area contributed by atoms with Crippen molar-refractivity contribution < 1.29 is 4.79 Å². The number of carbonyl (C=O) groups is 1. The molecule has 0 aliphatic rings. The van der Waals surface area contributed by atoms with Gasteiger partial charge in [-0.2, -0.15) is 0 Å². The van der Waals surface area contributed by atoms with Gasteiger partial charge in [0.25, 0.3) is 5.91 Å². The van der Waals surface area contributed by atoms with Crippen molar-refractivity contribution >= 4 is 29.9 Å². The van der Waals surface area contributed by atoms with E-state index in [0.29, 0.717) is 18.8 Å². The Kier molecular flexibility index (Phi) is 7.90. The first-order valence-electron chi connectivity index (χ1n) is 5.98. The SMILES string of the molecule is CC(N)CCNC(=O)c1nc(C(C)C)ncc1Cl.Cl. The number of aromatic nitrogens is 2. The Bertz CT molecular complexity index is 424. The van der Waals surface area contributed by atoms with Gasteiger partial charge in [0, 0.05) is 18.5 Å². The van der Waals surface area contributed by atoms with Crippen molar-refractivity contribution in [2.45, 2.75) is 39.2 Å². The standard InChI is InChI=1S/C12H19ClN4O.ClH/c1-7(2)11-16-6-9(13)10(17-11)12(18)15-5-4-8(3)14;/h6-8H,4-5,14H2,1-3H3,(H,15,18);1H. The van der Waals surface area contributed by atoms with E-state index in [1.54, 1.807) is 0 Å². The molecular weight excluding hydrogens is 287 g/mol. The van der Waals surface area contributed by atoms with Crippen molar-refractivity contribution in [3.05, 3.63) is 22.7 Å². The second-order valence-electron chi connectivity index (χ2n) is 4.60. The van der Waals surface area contributed by atoms with Crippen LogP contribution in [0.4, 0.5) is 0 Å². The molecule has 19 heavy (non-hydrogen) atoms. The number of amides is 1. The Morgan fingerprint density at radius 2 is 2.11 bits per heavy atom. The Balaban J connectivity index is 0.00000324. The van der Waals surface area contributed by atoms with Gasteiger partial charge in [-0.15, -0.1) is 12.4 Å². The molecule has 3 N–H and O–H groups in total. The molecule has 1 unspecified atom stereocenters. The minimum atomic E-state index is -0.287. The first-order chi connectivity index (χ1) is 8.41. The topological polar surface area (TPSA) is 80.9 Å². The average molecular weight is 307 g/mol. The highest BCUT2D eigenvalue weighted by Crippen LogP contribution is 2.16. The van der Waals surface area contributed by atoms with E-state index in [0.717, 1.165) is 0 Å². The lowest BCUT2D eigenvalue weighted by Gasteiger charge is -2.09. The van der Waals surface area contributed by atoms with Crippen LogP contribution in [0.5, 0.6) is 0 Å². The summed E-state index contributed by atoms with van der Waals surface area (Å²) in [5, 5.41) is 3.01. The van der Waals surface area contributed by atoms with E-state index in [-0.39, 0.29) is 41.0 Å². The predicted molar refractivity (Wildman–Crippen MR) is 79.0 cm³/mol. The highest BCUT2D eigenvalue weighted by Gasteiger charge is 2.15. The van der Waals surface area contributed by atoms with Gasteiger partial charge in [0.1, 0.15) is 11.5 Å². The Hall–Kier alpha value is -0.910. The highest BCUT2D eigenvalue weighted by molar-refractivity contribution is 6.33. The maximum atomic E-state index is 11.9. The summed E-state index contributed by atoms with van der Waals surface area (Å²) >= 11 is 5.93. The molecule has 0 saturated heterocycles. The van der Waals surface area contributed by atoms with Crippen LogP contribution in [-0.4, -0.2) is 28.5 Å². The third kappa shape index (κ3) is 5.72. The van der Waals surface area contributed by atoms with Crippen LogP contribution in [0.15, 0.2) is 6.20 Å². The maximum absolute atomic E-state index is 11.9. The molecular formula is C12H20Cl2N4O. The summed E-state index contributed by atoms with van der Waals surface area (Å²) in [5.74, 6) is 0.472. The normalized spacial score (nSPS) is 11.9. The van der Waals surface area contributed by atoms with E-state index < -0.39 is 0 Å². The van der Waals surface area contributed by atoms with Gasteiger partial charge < -0.3 is 11.1 Å². The summed E-state index contributed by atoms with van der Waals surface area (Å²) in [6, 6.07) is 0.0531. The first-order valence-corrected chi connectivity index (χ1v) is 6.35. The number of hydrogen-bond acceptors (Lipinski definition) is 4. The van der Waals surface area contributed by atoms with E-state index in [9.17, 15) is 4.79 Å². The molecule has 1 amide bonds. The highest BCUT2D eigenvalue weighted by atomic mass is 35.5. The van der Waals surface area contributed by atoms with Gasteiger partial charge in [0.15, 0.2) is 0 Å². The van der Waals surface area contributed by atoms with Gasteiger partial charge in [-0.05, 0) is 13.3 Å². The lowest BCUT2D eigenvalue weighted by atomic mass is 10.2. The van der Waals surface area contributed by atoms with Gasteiger partial charge in [0.2, 0.25) is 0 Å². The monoisotopic (exact) mass is 306 g/mol. The summed E-state index contributed by atoms with van der Waals surface area (Å²) in [5.41, 5.74) is 5.83. The third-order valence-electron chi connectivity index (χ3n) is 2.38. The summed E-state index contributed by atoms with van der Waals surface area (Å²) < 4.78 is 0. The minimum absolute atomic E-state index is 0. The Morgan fingerprint density at radius 3 is 2.63 bits per heavy atom. The Morgan fingerprint density at radius 1 is 1.47 bits per heavy atom. The minimum Gasteiger partial charge on any atom is -0.351 e. The van der Waals surface area contributed by atoms with Gasteiger partial charge in [-0.25, -0.2) is 9.97 Å². The quantitative estimate of drug-likeness (QED) is 0.873. The van der Waals surface area contributed by atoms with E-state index in [1.807, 2.05) is 20.8 Å². The molecule has 5 nitrogen and oxygen atoms in total. The Labute approximate surface area is 124 Å². The van der Waals surface area contributed by atoms with Crippen LogP contribution in [0.2, 0.25) is 5.02 Å². The number of halogens is 2. The summed E-state index contributed by atoms with van der Waals surface area (Å²) in [4.78, 5) is 20.2. The zero-order valence-electron chi connectivity index (χ0n) is 11.3. The molecule has 0 bridgehead atoms. The van der Waals surface area contributed by atoms with Gasteiger partial charge in [-0.3, -0.25) is 4.79 Å². The van der Waals surface area contributed by atoms with Crippen LogP contribution >= 0.6 is 24.0 Å². The molecule has 0 aliphatic heterocycles. The molecule has 0 fully saturated rings. The molecule has 0 radical (unpaired) electrons. The summed E-state index contributed by atoms with van der Waals surface area (Å²) in [6.07, 6.45) is 2.18. The van der Waals surface area contributed by atoms with Crippen LogP contribution < -0.4 is 11.1 Å². The average Bonchev–Trinajstić information content (AvgIpc) is 2.28. The summed E-state index contributed by atoms with van der Waals surface area (Å²) in [6.45, 7) is 6.32. The molecule has 0 saturated carbocycles. The second-order valence-corrected chi connectivity index (χ2v) is 5.01. The van der Waals surface area contributed by atoms with Crippen molar-refractivity contribution in [1.82, 2.24) is 15.3 Å². The van der Waals surface area contributed by atoms with E-state index in [4.69, 9.17) is 17.3 Å². The van der Waals surface area contributed by atoms with Crippen LogP contribution in [-0.2, 0) is 0 Å². The van der Waals surface area contributed by atoms with E-state index >= 15 is 0 Å². The van der Waals surface area contributed by atoms with Crippen molar-refractivity contribution in [3.63, 3.8) is 0 Å². The second kappa shape index (κ2) is 8.30. The van der Waals surface area contributed by atoms with Crippen molar-refractivity contribution in [2.75, 3.05) is 6.54 Å². The van der Waals surface area contributed by atoms with E-state index in [2.05, 4.69) is 15.3 Å². The lowest BCUT2D eigenvalue weighted by Crippen LogP contribution is -2.30. The molecule has 1 rings (SSSR count).